The second kappa shape index (κ2) is 18.0. The van der Waals surface area contributed by atoms with Crippen LogP contribution in [0.25, 0.3) is 0 Å². The van der Waals surface area contributed by atoms with E-state index in [0.717, 1.165) is 25.7 Å². The molecule has 344 valence electrons. The van der Waals surface area contributed by atoms with Crippen molar-refractivity contribution >= 4 is 12.0 Å². The number of hydrogen-bond acceptors (Lipinski definition) is 10. The molecule has 2 spiro atoms. The number of carbonyl (C=O) groups is 2. The van der Waals surface area contributed by atoms with Gasteiger partial charge in [-0.2, -0.15) is 0 Å². The number of ether oxygens (including phenoxy) is 5. The van der Waals surface area contributed by atoms with Gasteiger partial charge < -0.3 is 54.3 Å². The van der Waals surface area contributed by atoms with E-state index in [1.165, 1.54) is 0 Å². The molecule has 13 nitrogen and oxygen atoms in total. The number of likely N-dealkylation sites (tertiary alicyclic amines) is 1. The van der Waals surface area contributed by atoms with Crippen molar-refractivity contribution in [1.82, 2.24) is 10.2 Å². The molecule has 0 saturated carbocycles. The van der Waals surface area contributed by atoms with E-state index >= 15 is 0 Å². The smallest absolute Gasteiger partial charge is 0.318 e. The minimum atomic E-state index is -1.28. The highest BCUT2D eigenvalue weighted by molar-refractivity contribution is 5.75. The molecule has 0 aliphatic carbocycles. The Morgan fingerprint density at radius 2 is 1.57 bits per heavy atom. The summed E-state index contributed by atoms with van der Waals surface area (Å²) in [5.74, 6) is -4.66. The lowest BCUT2D eigenvalue weighted by Gasteiger charge is -2.55. The van der Waals surface area contributed by atoms with Crippen LogP contribution >= 0.6 is 0 Å². The summed E-state index contributed by atoms with van der Waals surface area (Å²) in [6.45, 7) is 24.0. The quantitative estimate of drug-likeness (QED) is 0.138. The molecule has 6 heterocycles. The SMILES string of the molecule is CCC(C(O)[C@@H](C)[C@@H](O)[C@H](C)[C@]1(C)O[C@@H](CC(=O)O)CC[C@@H]1C)[C@H]1O[C@]2(C=C[C@@H](NC(=O)N3CCC(C)(C)CC3)[C@]3(CC[C@@](C)([C@H]4CC[C@@H](O)[C@H](C)O4)O3)O2)[C@H](C)C[C@@H]1C. The van der Waals surface area contributed by atoms with Crippen molar-refractivity contribution in [3.05, 3.63) is 12.2 Å². The number of piperidine rings is 1. The molecule has 2 unspecified atom stereocenters. The van der Waals surface area contributed by atoms with E-state index < -0.39 is 71.2 Å². The topological polar surface area (TPSA) is 176 Å². The number of urea groups is 1. The third-order valence-corrected chi connectivity index (χ3v) is 16.6. The van der Waals surface area contributed by atoms with E-state index in [1.54, 1.807) is 0 Å². The van der Waals surface area contributed by atoms with Gasteiger partial charge in [0.25, 0.3) is 0 Å². The maximum absolute atomic E-state index is 14.0. The van der Waals surface area contributed by atoms with Crippen LogP contribution in [0.15, 0.2) is 12.2 Å². The standard InChI is InChI=1S/C47H80N2O11/c1-12-34(40(54)30(5)39(53)31(6)45(11)28(3)13-14-33(57-45)26-38(51)52)41-27(2)25-29(4)46(58-41)18-17-36(48-42(55)49-23-21-43(8,9)22-24-49)47(60-46)20-19-44(10,59-47)37-16-15-35(50)32(7)56-37/h17-18,27-37,39-41,50,53-54H,12-16,19-26H2,1-11H3,(H,48,55)(H,51,52)/t27-,28-,29+,30-,31-,32-,33+,34?,35+,36+,37+,39+,40?,41-,44-,45+,46-,47-/m0/s1. The van der Waals surface area contributed by atoms with Crippen molar-refractivity contribution in [3.8, 4) is 0 Å². The molecule has 6 aliphatic heterocycles. The molecule has 6 rings (SSSR count). The van der Waals surface area contributed by atoms with E-state index in [9.17, 15) is 30.0 Å². The van der Waals surface area contributed by atoms with E-state index in [2.05, 4.69) is 46.9 Å². The lowest BCUT2D eigenvalue weighted by Crippen LogP contribution is -2.66. The van der Waals surface area contributed by atoms with Crippen LogP contribution < -0.4 is 5.32 Å². The van der Waals surface area contributed by atoms with Gasteiger partial charge in [0, 0.05) is 43.2 Å². The average molecular weight is 849 g/mol. The van der Waals surface area contributed by atoms with E-state index in [0.29, 0.717) is 51.6 Å². The normalized spacial score (nSPS) is 44.6. The van der Waals surface area contributed by atoms with Gasteiger partial charge in [0.05, 0.1) is 60.4 Å². The minimum Gasteiger partial charge on any atom is -0.481 e. The van der Waals surface area contributed by atoms with E-state index in [1.807, 2.05) is 51.7 Å². The van der Waals surface area contributed by atoms with Crippen LogP contribution in [-0.2, 0) is 28.5 Å². The molecule has 0 aromatic heterocycles. The van der Waals surface area contributed by atoms with Crippen molar-refractivity contribution in [2.75, 3.05) is 13.1 Å². The van der Waals surface area contributed by atoms with Crippen molar-refractivity contribution in [2.24, 2.45) is 40.9 Å². The van der Waals surface area contributed by atoms with Crippen LogP contribution in [0, 0.1) is 40.9 Å². The molecular weight excluding hydrogens is 769 g/mol. The van der Waals surface area contributed by atoms with Crippen LogP contribution in [0.4, 0.5) is 4.79 Å². The molecule has 0 bridgehead atoms. The van der Waals surface area contributed by atoms with Crippen molar-refractivity contribution in [3.63, 3.8) is 0 Å². The molecule has 5 fully saturated rings. The molecule has 0 aromatic rings. The van der Waals surface area contributed by atoms with Gasteiger partial charge in [0.1, 0.15) is 6.04 Å². The monoisotopic (exact) mass is 849 g/mol. The van der Waals surface area contributed by atoms with Gasteiger partial charge in [-0.1, -0.05) is 61.5 Å². The number of hydrogen-bond donors (Lipinski definition) is 5. The summed E-state index contributed by atoms with van der Waals surface area (Å²) in [5, 5.41) is 47.5. The van der Waals surface area contributed by atoms with Crippen molar-refractivity contribution < 1.29 is 53.7 Å². The number of rotatable bonds is 11. The predicted octanol–water partition coefficient (Wildman–Crippen LogP) is 6.79. The Morgan fingerprint density at radius 1 is 0.883 bits per heavy atom. The predicted molar refractivity (Wildman–Crippen MR) is 227 cm³/mol. The molecule has 18 atom stereocenters. The number of nitrogens with one attached hydrogen (secondary N) is 1. The fraction of sp³-hybridized carbons (Fsp3) is 0.915. The summed E-state index contributed by atoms with van der Waals surface area (Å²) < 4.78 is 34.6. The third-order valence-electron chi connectivity index (χ3n) is 16.6. The summed E-state index contributed by atoms with van der Waals surface area (Å²) in [6.07, 6.45) is 6.96. The lowest BCUT2D eigenvalue weighted by molar-refractivity contribution is -0.399. The Balaban J connectivity index is 1.25. The number of carboxylic acids is 1. The van der Waals surface area contributed by atoms with Gasteiger partial charge in [-0.05, 0) is 102 Å². The van der Waals surface area contributed by atoms with Gasteiger partial charge in [-0.3, -0.25) is 4.79 Å². The van der Waals surface area contributed by atoms with E-state index in [-0.39, 0.29) is 59.7 Å². The first-order chi connectivity index (χ1) is 28.0. The highest BCUT2D eigenvalue weighted by Crippen LogP contribution is 2.54. The zero-order chi connectivity index (χ0) is 44.2. The molecule has 6 aliphatic rings. The van der Waals surface area contributed by atoms with Gasteiger partial charge in [0.2, 0.25) is 0 Å². The number of carbonyl (C=O) groups excluding carboxylic acids is 1. The van der Waals surface area contributed by atoms with Crippen LogP contribution in [0.3, 0.4) is 0 Å². The summed E-state index contributed by atoms with van der Waals surface area (Å²) in [5.41, 5.74) is -1.34. The fourth-order valence-electron chi connectivity index (χ4n) is 11.6. The minimum absolute atomic E-state index is 0.0510. The molecule has 5 N–H and O–H groups in total. The first-order valence-electron chi connectivity index (χ1n) is 23.4. The zero-order valence-electron chi connectivity index (χ0n) is 38.5. The number of carboxylic acid groups (broad SMARTS) is 1. The number of nitrogens with zero attached hydrogens (tertiary/aromatic N) is 1. The number of aliphatic carboxylic acids is 1. The average Bonchev–Trinajstić information content (AvgIpc) is 3.53. The highest BCUT2D eigenvalue weighted by atomic mass is 16.8. The second-order valence-corrected chi connectivity index (χ2v) is 21.4. The largest absolute Gasteiger partial charge is 0.481 e. The maximum atomic E-state index is 14.0. The van der Waals surface area contributed by atoms with Gasteiger partial charge >= 0.3 is 12.0 Å². The molecule has 5 saturated heterocycles. The van der Waals surface area contributed by atoms with Gasteiger partial charge in [-0.25, -0.2) is 4.79 Å². The molecule has 60 heavy (non-hydrogen) atoms. The Kier molecular flexibility index (Phi) is 14.3. The first-order valence-corrected chi connectivity index (χ1v) is 23.4. The Morgan fingerprint density at radius 3 is 2.20 bits per heavy atom. The zero-order valence-corrected chi connectivity index (χ0v) is 38.5. The van der Waals surface area contributed by atoms with Gasteiger partial charge in [-0.15, -0.1) is 0 Å². The van der Waals surface area contributed by atoms with Crippen LogP contribution in [0.5, 0.6) is 0 Å². The van der Waals surface area contributed by atoms with Crippen LogP contribution in [0.2, 0.25) is 0 Å². The van der Waals surface area contributed by atoms with Gasteiger partial charge in [0.15, 0.2) is 11.6 Å². The summed E-state index contributed by atoms with van der Waals surface area (Å²) in [4.78, 5) is 27.4. The summed E-state index contributed by atoms with van der Waals surface area (Å²) in [6, 6.07) is -0.765. The Hall–Kier alpha value is -1.84. The van der Waals surface area contributed by atoms with Crippen molar-refractivity contribution in [2.45, 2.75) is 218 Å². The Bertz CT molecular complexity index is 1540. The molecule has 13 heteroatoms. The number of aliphatic hydroxyl groups is 3. The number of amides is 2. The Labute approximate surface area is 359 Å². The molecule has 0 radical (unpaired) electrons. The van der Waals surface area contributed by atoms with Crippen LogP contribution in [0.1, 0.15) is 147 Å². The molecular formula is C47H80N2O11. The van der Waals surface area contributed by atoms with Crippen LogP contribution in [-0.4, -0.2) is 122 Å². The molecule has 2 amide bonds. The summed E-state index contributed by atoms with van der Waals surface area (Å²) in [7, 11) is 0. The highest BCUT2D eigenvalue weighted by Gasteiger charge is 2.63. The fourth-order valence-corrected chi connectivity index (χ4v) is 11.6. The van der Waals surface area contributed by atoms with Crippen molar-refractivity contribution in [1.29, 1.82) is 0 Å². The number of aliphatic hydroxyl groups excluding tert-OH is 3. The lowest BCUT2D eigenvalue weighted by atomic mass is 9.68. The maximum Gasteiger partial charge on any atom is 0.318 e. The molecule has 0 aromatic carbocycles. The first kappa shape index (κ1) is 47.6. The third kappa shape index (κ3) is 9.35. The second-order valence-electron chi connectivity index (χ2n) is 21.4. The summed E-state index contributed by atoms with van der Waals surface area (Å²) >= 11 is 0. The van der Waals surface area contributed by atoms with E-state index in [4.69, 9.17) is 23.7 Å².